The first kappa shape index (κ1) is 14.4. The van der Waals surface area contributed by atoms with Crippen LogP contribution in [0.1, 0.15) is 18.6 Å². The Kier molecular flexibility index (Phi) is 4.54. The van der Waals surface area contributed by atoms with Crippen molar-refractivity contribution in [3.05, 3.63) is 35.9 Å². The zero-order valence-electron chi connectivity index (χ0n) is 11.0. The van der Waals surface area contributed by atoms with E-state index in [-0.39, 0.29) is 0 Å². The minimum atomic E-state index is -1.09. The molecule has 0 saturated carbocycles. The molecule has 0 unspecified atom stereocenters. The van der Waals surface area contributed by atoms with Crippen molar-refractivity contribution < 1.29 is 24.8 Å². The molecule has 6 atom stereocenters. The van der Waals surface area contributed by atoms with Gasteiger partial charge in [-0.1, -0.05) is 30.3 Å². The third-order valence-corrected chi connectivity index (χ3v) is 3.59. The summed E-state index contributed by atoms with van der Waals surface area (Å²) in [5.41, 5.74) is 0.657. The summed E-state index contributed by atoms with van der Waals surface area (Å²) in [6.45, 7) is 1.69. The van der Waals surface area contributed by atoms with E-state index in [4.69, 9.17) is 9.47 Å². The van der Waals surface area contributed by atoms with Crippen LogP contribution in [0.4, 0.5) is 0 Å². The Morgan fingerprint density at radius 2 is 1.79 bits per heavy atom. The van der Waals surface area contributed by atoms with Crippen LogP contribution in [0, 0.1) is 0 Å². The molecule has 5 heteroatoms. The predicted molar refractivity (Wildman–Crippen MR) is 68.5 cm³/mol. The highest BCUT2D eigenvalue weighted by Crippen LogP contribution is 2.30. The van der Waals surface area contributed by atoms with E-state index in [0.717, 1.165) is 0 Å². The van der Waals surface area contributed by atoms with Crippen LogP contribution in [0.2, 0.25) is 0 Å². The first-order valence-electron chi connectivity index (χ1n) is 6.33. The van der Waals surface area contributed by atoms with Crippen molar-refractivity contribution in [1.29, 1.82) is 0 Å². The summed E-state index contributed by atoms with van der Waals surface area (Å²) in [7, 11) is 1.42. The van der Waals surface area contributed by atoms with Crippen LogP contribution in [0.3, 0.4) is 0 Å². The molecule has 1 aromatic carbocycles. The van der Waals surface area contributed by atoms with Gasteiger partial charge in [0.2, 0.25) is 0 Å². The number of hydrogen-bond acceptors (Lipinski definition) is 5. The second kappa shape index (κ2) is 5.98. The number of methoxy groups -OCH3 is 1. The molecule has 106 valence electrons. The SMILES string of the molecule is CO[C@H]1[C@H](O)[C@@H]([C@H](O)c2ccccc2)O[C@H](C)[C@H]1O. The van der Waals surface area contributed by atoms with Gasteiger partial charge in [-0.15, -0.1) is 0 Å². The van der Waals surface area contributed by atoms with Crippen LogP contribution in [-0.4, -0.2) is 52.9 Å². The highest BCUT2D eigenvalue weighted by atomic mass is 16.6. The van der Waals surface area contributed by atoms with E-state index < -0.39 is 36.6 Å². The van der Waals surface area contributed by atoms with Gasteiger partial charge in [-0.05, 0) is 12.5 Å². The molecule has 1 saturated heterocycles. The summed E-state index contributed by atoms with van der Waals surface area (Å²) in [5, 5.41) is 30.4. The third kappa shape index (κ3) is 2.80. The van der Waals surface area contributed by atoms with Gasteiger partial charge in [-0.3, -0.25) is 0 Å². The molecular weight excluding hydrogens is 248 g/mol. The van der Waals surface area contributed by atoms with E-state index in [0.29, 0.717) is 5.56 Å². The Labute approximate surface area is 112 Å². The van der Waals surface area contributed by atoms with Gasteiger partial charge in [-0.25, -0.2) is 0 Å². The van der Waals surface area contributed by atoms with Crippen molar-refractivity contribution in [2.75, 3.05) is 7.11 Å². The van der Waals surface area contributed by atoms with Crippen LogP contribution in [0.25, 0.3) is 0 Å². The summed E-state index contributed by atoms with van der Waals surface area (Å²) in [6, 6.07) is 8.98. The molecule has 0 amide bonds. The van der Waals surface area contributed by atoms with Crippen molar-refractivity contribution in [2.45, 2.75) is 43.5 Å². The molecule has 0 bridgehead atoms. The lowest BCUT2D eigenvalue weighted by Crippen LogP contribution is -2.58. The third-order valence-electron chi connectivity index (χ3n) is 3.59. The van der Waals surface area contributed by atoms with E-state index in [9.17, 15) is 15.3 Å². The summed E-state index contributed by atoms with van der Waals surface area (Å²) in [6.07, 6.45) is -5.09. The van der Waals surface area contributed by atoms with E-state index in [1.807, 2.05) is 6.07 Å². The lowest BCUT2D eigenvalue weighted by atomic mass is 9.90. The summed E-state index contributed by atoms with van der Waals surface area (Å²) in [5.74, 6) is 0. The van der Waals surface area contributed by atoms with E-state index in [1.165, 1.54) is 7.11 Å². The van der Waals surface area contributed by atoms with Crippen LogP contribution >= 0.6 is 0 Å². The Balaban J connectivity index is 2.19. The highest BCUT2D eigenvalue weighted by Gasteiger charge is 2.45. The highest BCUT2D eigenvalue weighted by molar-refractivity contribution is 5.19. The van der Waals surface area contributed by atoms with Gasteiger partial charge < -0.3 is 24.8 Å². The molecule has 0 aliphatic carbocycles. The Bertz CT molecular complexity index is 396. The fraction of sp³-hybridized carbons (Fsp3) is 0.571. The number of benzene rings is 1. The second-order valence-electron chi connectivity index (χ2n) is 4.84. The zero-order valence-corrected chi connectivity index (χ0v) is 11.0. The molecule has 5 nitrogen and oxygen atoms in total. The first-order chi connectivity index (χ1) is 9.06. The minimum absolute atomic E-state index is 0.517. The molecule has 1 aliphatic heterocycles. The number of hydrogen-bond donors (Lipinski definition) is 3. The van der Waals surface area contributed by atoms with Gasteiger partial charge in [0, 0.05) is 7.11 Å². The van der Waals surface area contributed by atoms with E-state index in [2.05, 4.69) is 0 Å². The average molecular weight is 268 g/mol. The monoisotopic (exact) mass is 268 g/mol. The number of ether oxygens (including phenoxy) is 2. The Morgan fingerprint density at radius 1 is 1.16 bits per heavy atom. The smallest absolute Gasteiger partial charge is 0.116 e. The molecule has 1 heterocycles. The Morgan fingerprint density at radius 3 is 2.37 bits per heavy atom. The molecule has 19 heavy (non-hydrogen) atoms. The average Bonchev–Trinajstić information content (AvgIpc) is 2.44. The molecule has 1 fully saturated rings. The van der Waals surface area contributed by atoms with Crippen LogP contribution in [0.5, 0.6) is 0 Å². The number of rotatable bonds is 3. The van der Waals surface area contributed by atoms with Crippen molar-refractivity contribution in [3.63, 3.8) is 0 Å². The van der Waals surface area contributed by atoms with Crippen molar-refractivity contribution in [1.82, 2.24) is 0 Å². The largest absolute Gasteiger partial charge is 0.388 e. The van der Waals surface area contributed by atoms with Crippen molar-refractivity contribution in [3.8, 4) is 0 Å². The lowest BCUT2D eigenvalue weighted by Gasteiger charge is -2.42. The fourth-order valence-electron chi connectivity index (χ4n) is 2.44. The van der Waals surface area contributed by atoms with E-state index in [1.54, 1.807) is 31.2 Å². The van der Waals surface area contributed by atoms with Gasteiger partial charge in [0.1, 0.15) is 30.5 Å². The summed E-state index contributed by atoms with van der Waals surface area (Å²) in [4.78, 5) is 0. The molecule has 3 N–H and O–H groups in total. The predicted octanol–water partition coefficient (Wildman–Crippen LogP) is 0.244. The number of aliphatic hydroxyl groups excluding tert-OH is 3. The van der Waals surface area contributed by atoms with Gasteiger partial charge in [0.05, 0.1) is 6.10 Å². The first-order valence-corrected chi connectivity index (χ1v) is 6.33. The van der Waals surface area contributed by atoms with Crippen LogP contribution < -0.4 is 0 Å². The quantitative estimate of drug-likeness (QED) is 0.732. The topological polar surface area (TPSA) is 79.2 Å². The van der Waals surface area contributed by atoms with Gasteiger partial charge in [0.25, 0.3) is 0 Å². The fourth-order valence-corrected chi connectivity index (χ4v) is 2.44. The summed E-state index contributed by atoms with van der Waals surface area (Å²) >= 11 is 0. The van der Waals surface area contributed by atoms with Crippen molar-refractivity contribution in [2.24, 2.45) is 0 Å². The molecule has 1 aromatic rings. The van der Waals surface area contributed by atoms with Crippen molar-refractivity contribution >= 4 is 0 Å². The van der Waals surface area contributed by atoms with Crippen LogP contribution in [0.15, 0.2) is 30.3 Å². The maximum Gasteiger partial charge on any atom is 0.116 e. The van der Waals surface area contributed by atoms with Gasteiger partial charge >= 0.3 is 0 Å². The molecule has 0 aromatic heterocycles. The lowest BCUT2D eigenvalue weighted by molar-refractivity contribution is -0.245. The minimum Gasteiger partial charge on any atom is -0.388 e. The van der Waals surface area contributed by atoms with Crippen LogP contribution in [-0.2, 0) is 9.47 Å². The molecule has 0 spiro atoms. The summed E-state index contributed by atoms with van der Waals surface area (Å²) < 4.78 is 10.6. The Hall–Kier alpha value is -0.980. The zero-order chi connectivity index (χ0) is 14.0. The maximum atomic E-state index is 10.3. The number of aliphatic hydroxyl groups is 3. The second-order valence-corrected chi connectivity index (χ2v) is 4.84. The standard InChI is InChI=1S/C14H20O5/c1-8-10(15)13(18-2)12(17)14(19-8)11(16)9-6-4-3-5-7-9/h3-8,10-17H,1-2H3/t8-,10-,11-,12+,13-,14-/m1/s1. The molecule has 1 aliphatic rings. The van der Waals surface area contributed by atoms with Gasteiger partial charge in [-0.2, -0.15) is 0 Å². The molecule has 0 radical (unpaired) electrons. The van der Waals surface area contributed by atoms with Gasteiger partial charge in [0.15, 0.2) is 0 Å². The van der Waals surface area contributed by atoms with E-state index >= 15 is 0 Å². The molecule has 2 rings (SSSR count). The normalized spacial score (nSPS) is 37.0. The molecular formula is C14H20O5. The maximum absolute atomic E-state index is 10.3.